The van der Waals surface area contributed by atoms with Crippen molar-refractivity contribution in [3.05, 3.63) is 48.7 Å². The van der Waals surface area contributed by atoms with E-state index >= 15 is 0 Å². The van der Waals surface area contributed by atoms with Gasteiger partial charge in [-0.15, -0.1) is 0 Å². The van der Waals surface area contributed by atoms with Crippen molar-refractivity contribution in [1.82, 2.24) is 9.78 Å². The van der Waals surface area contributed by atoms with Crippen LogP contribution >= 0.6 is 0 Å². The van der Waals surface area contributed by atoms with E-state index in [1.54, 1.807) is 63.9 Å². The van der Waals surface area contributed by atoms with Crippen molar-refractivity contribution < 1.29 is 23.8 Å². The second-order valence-corrected chi connectivity index (χ2v) is 6.91. The Morgan fingerprint density at radius 2 is 1.90 bits per heavy atom. The van der Waals surface area contributed by atoms with Crippen LogP contribution < -0.4 is 24.8 Å². The highest BCUT2D eigenvalue weighted by Gasteiger charge is 2.33. The van der Waals surface area contributed by atoms with Gasteiger partial charge in [0.1, 0.15) is 17.6 Å². The average molecular weight is 422 g/mol. The molecule has 31 heavy (non-hydrogen) atoms. The molecule has 0 bridgehead atoms. The second kappa shape index (κ2) is 8.39. The number of aromatic nitrogens is 2. The topological polar surface area (TPSA) is 104 Å². The molecule has 2 N–H and O–H groups in total. The number of ether oxygens (including phenoxy) is 3. The zero-order chi connectivity index (χ0) is 22.0. The highest BCUT2D eigenvalue weighted by molar-refractivity contribution is 6.03. The lowest BCUT2D eigenvalue weighted by Gasteiger charge is -2.24. The largest absolute Gasteiger partial charge is 0.497 e. The van der Waals surface area contributed by atoms with E-state index in [1.807, 2.05) is 6.07 Å². The van der Waals surface area contributed by atoms with E-state index in [9.17, 15) is 9.59 Å². The summed E-state index contributed by atoms with van der Waals surface area (Å²) in [4.78, 5) is 25.4. The summed E-state index contributed by atoms with van der Waals surface area (Å²) < 4.78 is 17.4. The number of hydrogen-bond acceptors (Lipinski definition) is 6. The highest BCUT2D eigenvalue weighted by Crippen LogP contribution is 2.38. The van der Waals surface area contributed by atoms with Gasteiger partial charge in [0.2, 0.25) is 11.8 Å². The first-order valence-electron chi connectivity index (χ1n) is 9.58. The maximum Gasteiger partial charge on any atom is 0.249 e. The summed E-state index contributed by atoms with van der Waals surface area (Å²) in [6, 6.07) is 11.6. The summed E-state index contributed by atoms with van der Waals surface area (Å²) >= 11 is 0. The van der Waals surface area contributed by atoms with Crippen LogP contribution in [0.5, 0.6) is 17.2 Å². The Labute approximate surface area is 178 Å². The Kier molecular flexibility index (Phi) is 5.48. The Balaban J connectivity index is 1.66. The van der Waals surface area contributed by atoms with Crippen molar-refractivity contribution >= 4 is 23.3 Å². The lowest BCUT2D eigenvalue weighted by atomic mass is 10.1. The van der Waals surface area contributed by atoms with Gasteiger partial charge < -0.3 is 24.8 Å². The molecule has 9 heteroatoms. The number of hydrogen-bond donors (Lipinski definition) is 2. The van der Waals surface area contributed by atoms with Gasteiger partial charge in [0.25, 0.3) is 0 Å². The van der Waals surface area contributed by atoms with E-state index in [2.05, 4.69) is 15.7 Å². The number of rotatable bonds is 6. The number of methoxy groups -OCH3 is 3. The zero-order valence-electron chi connectivity index (χ0n) is 17.3. The number of nitrogens with one attached hydrogen (secondary N) is 2. The molecule has 0 aliphatic carbocycles. The molecule has 0 radical (unpaired) electrons. The van der Waals surface area contributed by atoms with Crippen LogP contribution in [-0.2, 0) is 9.59 Å². The summed E-state index contributed by atoms with van der Waals surface area (Å²) in [5.74, 6) is 1.61. The first kappa shape index (κ1) is 20.3. The molecule has 2 heterocycles. The van der Waals surface area contributed by atoms with Crippen LogP contribution in [0.15, 0.2) is 48.7 Å². The smallest absolute Gasteiger partial charge is 0.249 e. The van der Waals surface area contributed by atoms with Crippen LogP contribution in [0.4, 0.5) is 11.5 Å². The molecule has 0 fully saturated rings. The van der Waals surface area contributed by atoms with Gasteiger partial charge in [-0.05, 0) is 29.8 Å². The molecule has 0 spiro atoms. The van der Waals surface area contributed by atoms with Gasteiger partial charge in [0.15, 0.2) is 11.5 Å². The Morgan fingerprint density at radius 1 is 1.10 bits per heavy atom. The Morgan fingerprint density at radius 3 is 2.65 bits per heavy atom. The van der Waals surface area contributed by atoms with Crippen molar-refractivity contribution in [2.24, 2.45) is 0 Å². The van der Waals surface area contributed by atoms with Gasteiger partial charge in [-0.1, -0.05) is 12.1 Å². The molecule has 1 aliphatic rings. The van der Waals surface area contributed by atoms with E-state index < -0.39 is 6.04 Å². The van der Waals surface area contributed by atoms with Crippen molar-refractivity contribution in [3.8, 4) is 28.4 Å². The summed E-state index contributed by atoms with van der Waals surface area (Å²) in [6.45, 7) is 0. The summed E-state index contributed by atoms with van der Waals surface area (Å²) in [7, 11) is 4.67. The van der Waals surface area contributed by atoms with E-state index in [0.29, 0.717) is 34.3 Å². The number of amides is 2. The fourth-order valence-electron chi connectivity index (χ4n) is 3.51. The minimum atomic E-state index is -0.788. The molecule has 1 aliphatic heterocycles. The molecule has 1 atom stereocenters. The molecule has 0 saturated heterocycles. The number of benzene rings is 2. The monoisotopic (exact) mass is 422 g/mol. The summed E-state index contributed by atoms with van der Waals surface area (Å²) in [5.41, 5.74) is 2.02. The number of carbonyl (C=O) groups is 2. The molecule has 0 saturated carbocycles. The van der Waals surface area contributed by atoms with E-state index in [1.165, 1.54) is 4.68 Å². The van der Waals surface area contributed by atoms with Gasteiger partial charge in [-0.3, -0.25) is 9.59 Å². The Hall–Kier alpha value is -4.01. The molecule has 4 rings (SSSR count). The van der Waals surface area contributed by atoms with Crippen LogP contribution in [0, 0.1) is 0 Å². The predicted octanol–water partition coefficient (Wildman–Crippen LogP) is 3.10. The zero-order valence-corrected chi connectivity index (χ0v) is 17.3. The quantitative estimate of drug-likeness (QED) is 0.633. The molecule has 9 nitrogen and oxygen atoms in total. The van der Waals surface area contributed by atoms with Crippen molar-refractivity contribution in [3.63, 3.8) is 0 Å². The highest BCUT2D eigenvalue weighted by atomic mass is 16.5. The third kappa shape index (κ3) is 3.89. The normalized spacial score (nSPS) is 14.9. The molecular formula is C22H22N4O5. The molecule has 2 aromatic carbocycles. The first-order valence-corrected chi connectivity index (χ1v) is 9.58. The third-order valence-electron chi connectivity index (χ3n) is 5.06. The van der Waals surface area contributed by atoms with E-state index in [0.717, 1.165) is 5.56 Å². The average Bonchev–Trinajstić information content (AvgIpc) is 3.21. The van der Waals surface area contributed by atoms with Crippen LogP contribution in [0.2, 0.25) is 0 Å². The van der Waals surface area contributed by atoms with E-state index in [4.69, 9.17) is 14.2 Å². The minimum absolute atomic E-state index is 0.0180. The van der Waals surface area contributed by atoms with Crippen molar-refractivity contribution in [2.75, 3.05) is 32.0 Å². The van der Waals surface area contributed by atoms with Crippen LogP contribution in [0.3, 0.4) is 0 Å². The molecule has 3 aromatic rings. The Bertz CT molecular complexity index is 1140. The lowest BCUT2D eigenvalue weighted by molar-refractivity contribution is -0.125. The minimum Gasteiger partial charge on any atom is -0.497 e. The van der Waals surface area contributed by atoms with Crippen molar-refractivity contribution in [2.45, 2.75) is 12.5 Å². The molecule has 1 aromatic heterocycles. The first-order chi connectivity index (χ1) is 15.0. The van der Waals surface area contributed by atoms with Gasteiger partial charge in [-0.2, -0.15) is 5.10 Å². The standard InChI is InChI=1S/C22H22N4O5/c1-29-15-6-4-5-14(10-15)24-22(28)17-11-20(27)25-21-16(12-23-26(17)21)13-7-8-18(30-2)19(9-13)31-3/h4-10,12,17H,11H2,1-3H3,(H,24,28)(H,25,27)/t17-/m1/s1. The van der Waals surface area contributed by atoms with Crippen LogP contribution in [0.1, 0.15) is 12.5 Å². The fraction of sp³-hybridized carbons (Fsp3) is 0.227. The van der Waals surface area contributed by atoms with Gasteiger partial charge in [-0.25, -0.2) is 4.68 Å². The van der Waals surface area contributed by atoms with Gasteiger partial charge >= 0.3 is 0 Å². The number of anilines is 2. The summed E-state index contributed by atoms with van der Waals surface area (Å²) in [5, 5.41) is 10.1. The van der Waals surface area contributed by atoms with Crippen molar-refractivity contribution in [1.29, 1.82) is 0 Å². The maximum absolute atomic E-state index is 13.0. The molecule has 160 valence electrons. The van der Waals surface area contributed by atoms with Crippen LogP contribution in [0.25, 0.3) is 11.1 Å². The van der Waals surface area contributed by atoms with E-state index in [-0.39, 0.29) is 18.2 Å². The summed E-state index contributed by atoms with van der Waals surface area (Å²) in [6.07, 6.45) is 1.60. The number of fused-ring (bicyclic) bond motifs is 1. The fourth-order valence-corrected chi connectivity index (χ4v) is 3.51. The predicted molar refractivity (Wildman–Crippen MR) is 115 cm³/mol. The van der Waals surface area contributed by atoms with Gasteiger partial charge in [0.05, 0.1) is 33.9 Å². The lowest BCUT2D eigenvalue weighted by Crippen LogP contribution is -2.35. The van der Waals surface area contributed by atoms with Gasteiger partial charge in [0, 0.05) is 17.3 Å². The third-order valence-corrected chi connectivity index (χ3v) is 5.06. The number of nitrogens with zero attached hydrogens (tertiary/aromatic N) is 2. The number of carbonyl (C=O) groups excluding carboxylic acids is 2. The molecular weight excluding hydrogens is 400 g/mol. The van der Waals surface area contributed by atoms with Crippen LogP contribution in [-0.4, -0.2) is 42.9 Å². The molecule has 2 amide bonds. The second-order valence-electron chi connectivity index (χ2n) is 6.91. The molecule has 0 unspecified atom stereocenters. The SMILES string of the molecule is COc1cccc(NC(=O)[C@H]2CC(=O)Nc3c(-c4ccc(OC)c(OC)c4)cnn32)c1. The maximum atomic E-state index is 13.0.